The van der Waals surface area contributed by atoms with Gasteiger partial charge in [0.15, 0.2) is 6.29 Å². The Labute approximate surface area is 129 Å². The fourth-order valence-electron chi connectivity index (χ4n) is 3.71. The SMILES string of the molecule is CC1(C)CC(OCCCOC2CCCCO2)CC(C)(C)N1. The van der Waals surface area contributed by atoms with Crippen LogP contribution in [-0.2, 0) is 14.2 Å². The van der Waals surface area contributed by atoms with E-state index in [1.807, 2.05) is 0 Å². The molecule has 0 aliphatic carbocycles. The van der Waals surface area contributed by atoms with E-state index in [9.17, 15) is 0 Å². The van der Waals surface area contributed by atoms with Crippen LogP contribution in [0.25, 0.3) is 0 Å². The number of hydrogen-bond acceptors (Lipinski definition) is 4. The lowest BCUT2D eigenvalue weighted by molar-refractivity contribution is -0.165. The van der Waals surface area contributed by atoms with Gasteiger partial charge in [-0.2, -0.15) is 0 Å². The lowest BCUT2D eigenvalue weighted by Gasteiger charge is -2.46. The third kappa shape index (κ3) is 6.23. The first-order valence-corrected chi connectivity index (χ1v) is 8.50. The van der Waals surface area contributed by atoms with Crippen molar-refractivity contribution < 1.29 is 14.2 Å². The van der Waals surface area contributed by atoms with Crippen molar-refractivity contribution in [1.82, 2.24) is 5.32 Å². The molecule has 4 heteroatoms. The third-order valence-electron chi connectivity index (χ3n) is 4.24. The predicted octanol–water partition coefficient (Wildman–Crippen LogP) is 3.25. The van der Waals surface area contributed by atoms with E-state index < -0.39 is 0 Å². The second kappa shape index (κ2) is 7.40. The first-order valence-electron chi connectivity index (χ1n) is 8.50. The number of piperidine rings is 1. The minimum absolute atomic E-state index is 0.0236. The highest BCUT2D eigenvalue weighted by Crippen LogP contribution is 2.30. The van der Waals surface area contributed by atoms with Gasteiger partial charge in [0.1, 0.15) is 0 Å². The van der Waals surface area contributed by atoms with Gasteiger partial charge in [-0.1, -0.05) is 0 Å². The summed E-state index contributed by atoms with van der Waals surface area (Å²) in [7, 11) is 0. The first kappa shape index (κ1) is 17.2. The highest BCUT2D eigenvalue weighted by Gasteiger charge is 2.37. The van der Waals surface area contributed by atoms with Crippen molar-refractivity contribution >= 4 is 0 Å². The van der Waals surface area contributed by atoms with Crippen LogP contribution < -0.4 is 5.32 Å². The number of hydrogen-bond donors (Lipinski definition) is 1. The zero-order valence-corrected chi connectivity index (χ0v) is 14.2. The molecule has 2 aliphatic heterocycles. The topological polar surface area (TPSA) is 39.7 Å². The molecule has 0 saturated carbocycles. The van der Waals surface area contributed by atoms with Crippen molar-refractivity contribution in [3.8, 4) is 0 Å². The van der Waals surface area contributed by atoms with Gasteiger partial charge >= 0.3 is 0 Å². The highest BCUT2D eigenvalue weighted by molar-refractivity contribution is 4.97. The second-order valence-electron chi connectivity index (χ2n) is 7.81. The average molecular weight is 299 g/mol. The van der Waals surface area contributed by atoms with Gasteiger partial charge in [0.05, 0.1) is 12.7 Å². The Balaban J connectivity index is 1.59. The Morgan fingerprint density at radius 2 is 1.67 bits per heavy atom. The van der Waals surface area contributed by atoms with E-state index in [0.717, 1.165) is 45.5 Å². The van der Waals surface area contributed by atoms with E-state index in [-0.39, 0.29) is 17.4 Å². The molecule has 2 fully saturated rings. The molecule has 0 spiro atoms. The third-order valence-corrected chi connectivity index (χ3v) is 4.24. The minimum atomic E-state index is 0.0236. The normalized spacial score (nSPS) is 29.4. The van der Waals surface area contributed by atoms with E-state index in [1.165, 1.54) is 12.8 Å². The predicted molar refractivity (Wildman–Crippen MR) is 84.4 cm³/mol. The zero-order valence-electron chi connectivity index (χ0n) is 14.2. The van der Waals surface area contributed by atoms with E-state index in [2.05, 4.69) is 33.0 Å². The molecular formula is C17H33NO3. The van der Waals surface area contributed by atoms with Crippen LogP contribution in [0.5, 0.6) is 0 Å². The van der Waals surface area contributed by atoms with E-state index in [1.54, 1.807) is 0 Å². The van der Waals surface area contributed by atoms with Gasteiger partial charge in [-0.25, -0.2) is 0 Å². The largest absolute Gasteiger partial charge is 0.378 e. The molecule has 0 aromatic carbocycles. The van der Waals surface area contributed by atoms with Crippen molar-refractivity contribution in [2.75, 3.05) is 19.8 Å². The standard InChI is InChI=1S/C17H33NO3/c1-16(2)12-14(13-17(3,4)18-16)19-10-7-11-21-15-8-5-6-9-20-15/h14-15,18H,5-13H2,1-4H3. The molecule has 21 heavy (non-hydrogen) atoms. The van der Waals surface area contributed by atoms with Gasteiger partial charge in [0.25, 0.3) is 0 Å². The Morgan fingerprint density at radius 3 is 2.29 bits per heavy atom. The summed E-state index contributed by atoms with van der Waals surface area (Å²) in [4.78, 5) is 0. The summed E-state index contributed by atoms with van der Waals surface area (Å²) >= 11 is 0. The highest BCUT2D eigenvalue weighted by atomic mass is 16.7. The maximum absolute atomic E-state index is 6.08. The molecule has 2 saturated heterocycles. The van der Waals surface area contributed by atoms with Crippen molar-refractivity contribution in [3.63, 3.8) is 0 Å². The fraction of sp³-hybridized carbons (Fsp3) is 1.00. The van der Waals surface area contributed by atoms with Crippen molar-refractivity contribution in [3.05, 3.63) is 0 Å². The average Bonchev–Trinajstić information content (AvgIpc) is 2.36. The number of nitrogens with one attached hydrogen (secondary N) is 1. The van der Waals surface area contributed by atoms with Crippen molar-refractivity contribution in [1.29, 1.82) is 0 Å². The molecule has 0 aromatic rings. The molecule has 0 radical (unpaired) electrons. The molecule has 1 N–H and O–H groups in total. The summed E-state index contributed by atoms with van der Waals surface area (Å²) < 4.78 is 17.4. The Bertz CT molecular complexity index is 295. The van der Waals surface area contributed by atoms with Crippen LogP contribution in [0.4, 0.5) is 0 Å². The summed E-state index contributed by atoms with van der Waals surface area (Å²) in [6.07, 6.45) is 6.90. The van der Waals surface area contributed by atoms with Gasteiger partial charge in [-0.05, 0) is 66.2 Å². The Hall–Kier alpha value is -0.160. The summed E-state index contributed by atoms with van der Waals surface area (Å²) in [6.45, 7) is 11.4. The van der Waals surface area contributed by atoms with Crippen molar-refractivity contribution in [2.24, 2.45) is 0 Å². The van der Waals surface area contributed by atoms with Crippen LogP contribution in [0.3, 0.4) is 0 Å². The molecule has 2 heterocycles. The Kier molecular flexibility index (Phi) is 6.06. The monoisotopic (exact) mass is 299 g/mol. The zero-order chi connectivity index (χ0) is 15.3. The van der Waals surface area contributed by atoms with Gasteiger partial charge in [0.2, 0.25) is 0 Å². The quantitative estimate of drug-likeness (QED) is 0.764. The van der Waals surface area contributed by atoms with Crippen LogP contribution in [0.15, 0.2) is 0 Å². The summed E-state index contributed by atoms with van der Waals surface area (Å²) in [5.74, 6) is 0. The molecule has 1 atom stereocenters. The summed E-state index contributed by atoms with van der Waals surface area (Å²) in [5.41, 5.74) is 0.303. The van der Waals surface area contributed by atoms with Crippen LogP contribution in [-0.4, -0.2) is 43.3 Å². The molecule has 0 amide bonds. The lowest BCUT2D eigenvalue weighted by Crippen LogP contribution is -2.59. The maximum Gasteiger partial charge on any atom is 0.157 e. The van der Waals surface area contributed by atoms with E-state index >= 15 is 0 Å². The van der Waals surface area contributed by atoms with Crippen LogP contribution in [0.1, 0.15) is 66.2 Å². The van der Waals surface area contributed by atoms with E-state index in [4.69, 9.17) is 14.2 Å². The van der Waals surface area contributed by atoms with Crippen LogP contribution in [0.2, 0.25) is 0 Å². The van der Waals surface area contributed by atoms with Crippen LogP contribution >= 0.6 is 0 Å². The van der Waals surface area contributed by atoms with Gasteiger partial charge < -0.3 is 19.5 Å². The number of rotatable bonds is 6. The van der Waals surface area contributed by atoms with Gasteiger partial charge in [0, 0.05) is 24.3 Å². The van der Waals surface area contributed by atoms with Crippen molar-refractivity contribution in [2.45, 2.75) is 89.7 Å². The molecule has 1 unspecified atom stereocenters. The fourth-order valence-corrected chi connectivity index (χ4v) is 3.71. The smallest absolute Gasteiger partial charge is 0.157 e. The molecule has 124 valence electrons. The Morgan fingerprint density at radius 1 is 1.00 bits per heavy atom. The summed E-state index contributed by atoms with van der Waals surface area (Å²) in [5, 5.41) is 3.69. The molecule has 0 aromatic heterocycles. The minimum Gasteiger partial charge on any atom is -0.378 e. The van der Waals surface area contributed by atoms with Gasteiger partial charge in [-0.15, -0.1) is 0 Å². The van der Waals surface area contributed by atoms with Crippen LogP contribution in [0, 0.1) is 0 Å². The maximum atomic E-state index is 6.08. The molecule has 0 bridgehead atoms. The molecule has 2 rings (SSSR count). The van der Waals surface area contributed by atoms with Gasteiger partial charge in [-0.3, -0.25) is 0 Å². The lowest BCUT2D eigenvalue weighted by atomic mass is 9.81. The number of ether oxygens (including phenoxy) is 3. The second-order valence-corrected chi connectivity index (χ2v) is 7.81. The molecule has 4 nitrogen and oxygen atoms in total. The van der Waals surface area contributed by atoms with E-state index in [0.29, 0.717) is 6.10 Å². The first-order chi connectivity index (χ1) is 9.86. The summed E-state index contributed by atoms with van der Waals surface area (Å²) in [6, 6.07) is 0. The molecular weight excluding hydrogens is 266 g/mol. The molecule has 2 aliphatic rings.